The molecule has 0 aliphatic carbocycles. The average Bonchev–Trinajstić information content (AvgIpc) is 2.75. The van der Waals surface area contributed by atoms with Crippen molar-refractivity contribution >= 4 is 28.1 Å². The summed E-state index contributed by atoms with van der Waals surface area (Å²) >= 11 is 3.43. The van der Waals surface area contributed by atoms with E-state index < -0.39 is 0 Å². The Balaban J connectivity index is 1.98. The zero-order valence-corrected chi connectivity index (χ0v) is 14.2. The number of hydrazone groups is 1. The van der Waals surface area contributed by atoms with Gasteiger partial charge in [0.15, 0.2) is 0 Å². The van der Waals surface area contributed by atoms with Crippen molar-refractivity contribution in [1.29, 1.82) is 0 Å². The first-order valence-electron chi connectivity index (χ1n) is 6.67. The molecule has 0 saturated carbocycles. The second kappa shape index (κ2) is 7.22. The lowest BCUT2D eigenvalue weighted by Crippen LogP contribution is -2.24. The fourth-order valence-electron chi connectivity index (χ4n) is 1.95. The quantitative estimate of drug-likeness (QED) is 0.654. The number of aromatic nitrogens is 2. The van der Waals surface area contributed by atoms with Crippen molar-refractivity contribution in [2.45, 2.75) is 20.4 Å². The molecule has 116 valence electrons. The van der Waals surface area contributed by atoms with Gasteiger partial charge in [0.2, 0.25) is 0 Å². The average molecular weight is 365 g/mol. The van der Waals surface area contributed by atoms with E-state index in [0.717, 1.165) is 21.4 Å². The first-order chi connectivity index (χ1) is 10.5. The van der Waals surface area contributed by atoms with Crippen molar-refractivity contribution in [1.82, 2.24) is 15.2 Å². The van der Waals surface area contributed by atoms with Crippen molar-refractivity contribution < 1.29 is 9.53 Å². The van der Waals surface area contributed by atoms with Crippen LogP contribution in [-0.4, -0.2) is 29.0 Å². The summed E-state index contributed by atoms with van der Waals surface area (Å²) in [7, 11) is 1.59. The number of carbonyl (C=O) groups excluding carboxylic acids is 1. The summed E-state index contributed by atoms with van der Waals surface area (Å²) in [5, 5.41) is 8.23. The van der Waals surface area contributed by atoms with Gasteiger partial charge in [0.1, 0.15) is 12.3 Å². The van der Waals surface area contributed by atoms with Crippen LogP contribution in [0.3, 0.4) is 0 Å². The van der Waals surface area contributed by atoms with Gasteiger partial charge < -0.3 is 4.74 Å². The van der Waals surface area contributed by atoms with Crippen LogP contribution in [0.4, 0.5) is 0 Å². The molecule has 0 unspecified atom stereocenters. The third-order valence-electron chi connectivity index (χ3n) is 3.12. The molecule has 0 atom stereocenters. The number of para-hydroxylation sites is 1. The zero-order chi connectivity index (χ0) is 16.1. The Hall–Kier alpha value is -2.15. The van der Waals surface area contributed by atoms with Gasteiger partial charge in [-0.1, -0.05) is 12.1 Å². The van der Waals surface area contributed by atoms with Gasteiger partial charge in [-0.2, -0.15) is 10.2 Å². The summed E-state index contributed by atoms with van der Waals surface area (Å²) < 4.78 is 7.75. The first-order valence-corrected chi connectivity index (χ1v) is 7.46. The van der Waals surface area contributed by atoms with Crippen LogP contribution in [0.5, 0.6) is 5.75 Å². The Labute approximate surface area is 137 Å². The molecule has 2 rings (SSSR count). The van der Waals surface area contributed by atoms with Crippen LogP contribution < -0.4 is 10.2 Å². The fourth-order valence-corrected chi connectivity index (χ4v) is 2.23. The predicted octanol–water partition coefficient (Wildman–Crippen LogP) is 2.42. The number of halogens is 1. The van der Waals surface area contributed by atoms with Gasteiger partial charge in [0.25, 0.3) is 5.91 Å². The third kappa shape index (κ3) is 3.73. The summed E-state index contributed by atoms with van der Waals surface area (Å²) in [6.07, 6.45) is 1.55. The van der Waals surface area contributed by atoms with E-state index in [9.17, 15) is 4.79 Å². The Kier molecular flexibility index (Phi) is 5.32. The number of ether oxygens (including phenoxy) is 1. The van der Waals surface area contributed by atoms with E-state index in [1.54, 1.807) is 18.0 Å². The number of nitrogens with zero attached hydrogens (tertiary/aromatic N) is 3. The molecule has 1 amide bonds. The molecule has 22 heavy (non-hydrogen) atoms. The number of rotatable bonds is 5. The molecular formula is C15H17BrN4O2. The first kappa shape index (κ1) is 16.2. The second-order valence-electron chi connectivity index (χ2n) is 4.68. The van der Waals surface area contributed by atoms with Gasteiger partial charge in [-0.05, 0) is 41.9 Å². The molecule has 0 radical (unpaired) electrons. The van der Waals surface area contributed by atoms with Gasteiger partial charge >= 0.3 is 0 Å². The maximum Gasteiger partial charge on any atom is 0.261 e. The lowest BCUT2D eigenvalue weighted by Gasteiger charge is -2.04. The largest absolute Gasteiger partial charge is 0.496 e. The SMILES string of the molecule is COc1ccccc1/C=N\NC(=O)Cn1nc(C)c(Br)c1C. The van der Waals surface area contributed by atoms with Crippen molar-refractivity contribution in [2.75, 3.05) is 7.11 Å². The van der Waals surface area contributed by atoms with E-state index in [0.29, 0.717) is 5.75 Å². The maximum atomic E-state index is 11.9. The highest BCUT2D eigenvalue weighted by Gasteiger charge is 2.11. The van der Waals surface area contributed by atoms with Crippen LogP contribution in [0.15, 0.2) is 33.8 Å². The molecule has 0 aliphatic rings. The summed E-state index contributed by atoms with van der Waals surface area (Å²) in [5.74, 6) is 0.451. The lowest BCUT2D eigenvalue weighted by atomic mass is 10.2. The molecule has 1 aromatic heterocycles. The topological polar surface area (TPSA) is 68.5 Å². The predicted molar refractivity (Wildman–Crippen MR) is 88.1 cm³/mol. The van der Waals surface area contributed by atoms with Crippen LogP contribution in [-0.2, 0) is 11.3 Å². The van der Waals surface area contributed by atoms with E-state index in [1.807, 2.05) is 38.1 Å². The van der Waals surface area contributed by atoms with Crippen molar-refractivity contribution in [2.24, 2.45) is 5.10 Å². The Morgan fingerprint density at radius 3 is 2.82 bits per heavy atom. The number of amides is 1. The molecule has 0 fully saturated rings. The number of nitrogens with one attached hydrogen (secondary N) is 1. The monoisotopic (exact) mass is 364 g/mol. The minimum atomic E-state index is -0.246. The van der Waals surface area contributed by atoms with Crippen molar-refractivity contribution in [3.63, 3.8) is 0 Å². The summed E-state index contributed by atoms with van der Waals surface area (Å²) in [6, 6.07) is 7.43. The van der Waals surface area contributed by atoms with Crippen LogP contribution in [0.1, 0.15) is 17.0 Å². The molecule has 1 heterocycles. The lowest BCUT2D eigenvalue weighted by molar-refractivity contribution is -0.121. The highest BCUT2D eigenvalue weighted by atomic mass is 79.9. The van der Waals surface area contributed by atoms with Gasteiger partial charge in [-0.25, -0.2) is 5.43 Å². The molecule has 0 aliphatic heterocycles. The highest BCUT2D eigenvalue weighted by Crippen LogP contribution is 2.19. The number of benzene rings is 1. The molecule has 0 bridgehead atoms. The van der Waals surface area contributed by atoms with Crippen LogP contribution in [0, 0.1) is 13.8 Å². The second-order valence-corrected chi connectivity index (χ2v) is 5.47. The van der Waals surface area contributed by atoms with Crippen LogP contribution >= 0.6 is 15.9 Å². The van der Waals surface area contributed by atoms with Gasteiger partial charge in [0, 0.05) is 5.56 Å². The van der Waals surface area contributed by atoms with E-state index in [4.69, 9.17) is 4.74 Å². The van der Waals surface area contributed by atoms with Gasteiger partial charge in [-0.3, -0.25) is 9.48 Å². The minimum absolute atomic E-state index is 0.113. The fraction of sp³-hybridized carbons (Fsp3) is 0.267. The van der Waals surface area contributed by atoms with E-state index in [-0.39, 0.29) is 12.5 Å². The zero-order valence-electron chi connectivity index (χ0n) is 12.6. The number of aryl methyl sites for hydroxylation is 1. The Bertz CT molecular complexity index is 710. The Morgan fingerprint density at radius 2 is 2.18 bits per heavy atom. The van der Waals surface area contributed by atoms with E-state index in [1.165, 1.54) is 0 Å². The van der Waals surface area contributed by atoms with Gasteiger partial charge in [0.05, 0.1) is 29.2 Å². The van der Waals surface area contributed by atoms with Crippen molar-refractivity contribution in [3.05, 3.63) is 45.7 Å². The number of hydrogen-bond donors (Lipinski definition) is 1. The maximum absolute atomic E-state index is 11.9. The third-order valence-corrected chi connectivity index (χ3v) is 4.27. The summed E-state index contributed by atoms with van der Waals surface area (Å²) in [4.78, 5) is 11.9. The molecule has 0 saturated heterocycles. The molecule has 2 aromatic rings. The smallest absolute Gasteiger partial charge is 0.261 e. The Morgan fingerprint density at radius 1 is 1.45 bits per heavy atom. The molecule has 1 aromatic carbocycles. The minimum Gasteiger partial charge on any atom is -0.496 e. The molecule has 1 N–H and O–H groups in total. The molecule has 0 spiro atoms. The molecule has 7 heteroatoms. The van der Waals surface area contributed by atoms with Crippen molar-refractivity contribution in [3.8, 4) is 5.75 Å². The summed E-state index contributed by atoms with van der Waals surface area (Å²) in [6.45, 7) is 3.89. The number of carbonyl (C=O) groups is 1. The summed E-state index contributed by atoms with van der Waals surface area (Å²) in [5.41, 5.74) is 5.03. The highest BCUT2D eigenvalue weighted by molar-refractivity contribution is 9.10. The molecular weight excluding hydrogens is 348 g/mol. The van der Waals surface area contributed by atoms with Crippen LogP contribution in [0.25, 0.3) is 0 Å². The number of methoxy groups -OCH3 is 1. The van der Waals surface area contributed by atoms with E-state index >= 15 is 0 Å². The van der Waals surface area contributed by atoms with E-state index in [2.05, 4.69) is 31.6 Å². The normalized spacial score (nSPS) is 10.9. The standard InChI is InChI=1S/C15H17BrN4O2/c1-10-15(16)11(2)20(19-10)9-14(21)18-17-8-12-6-4-5-7-13(12)22-3/h4-8H,9H2,1-3H3,(H,18,21)/b17-8-. The van der Waals surface area contributed by atoms with Gasteiger partial charge in [-0.15, -0.1) is 0 Å². The number of hydrogen-bond acceptors (Lipinski definition) is 4. The van der Waals surface area contributed by atoms with Crippen LogP contribution in [0.2, 0.25) is 0 Å². The molecule has 6 nitrogen and oxygen atoms in total.